The van der Waals surface area contributed by atoms with Gasteiger partial charge < -0.3 is 10.6 Å². The fourth-order valence-electron chi connectivity index (χ4n) is 2.62. The van der Waals surface area contributed by atoms with Crippen molar-refractivity contribution in [3.8, 4) is 0 Å². The number of amides is 1. The molecule has 104 valence electrons. The number of rotatable bonds is 3. The van der Waals surface area contributed by atoms with Crippen LogP contribution >= 0.6 is 0 Å². The molecule has 1 heterocycles. The van der Waals surface area contributed by atoms with E-state index >= 15 is 0 Å². The van der Waals surface area contributed by atoms with Crippen molar-refractivity contribution in [3.05, 3.63) is 35.9 Å². The molecular formula is C16H24N2O. The third-order valence-electron chi connectivity index (χ3n) is 3.97. The molecule has 3 nitrogen and oxygen atoms in total. The van der Waals surface area contributed by atoms with Gasteiger partial charge in [-0.3, -0.25) is 4.79 Å². The smallest absolute Gasteiger partial charge is 0.230 e. The highest BCUT2D eigenvalue weighted by Gasteiger charge is 2.31. The summed E-state index contributed by atoms with van der Waals surface area (Å²) >= 11 is 0. The Morgan fingerprint density at radius 2 is 1.95 bits per heavy atom. The average Bonchev–Trinajstić information content (AvgIpc) is 2.39. The summed E-state index contributed by atoms with van der Waals surface area (Å²) in [5, 5.41) is 6.55. The van der Waals surface area contributed by atoms with Crippen LogP contribution in [0.3, 0.4) is 0 Å². The minimum absolute atomic E-state index is 0.111. The molecule has 1 amide bonds. The first-order valence-electron chi connectivity index (χ1n) is 7.07. The van der Waals surface area contributed by atoms with Gasteiger partial charge in [0.2, 0.25) is 5.91 Å². The van der Waals surface area contributed by atoms with Crippen molar-refractivity contribution in [2.45, 2.75) is 38.6 Å². The maximum Gasteiger partial charge on any atom is 0.230 e. The molecule has 19 heavy (non-hydrogen) atoms. The van der Waals surface area contributed by atoms with Gasteiger partial charge >= 0.3 is 0 Å². The Bertz CT molecular complexity index is 428. The van der Waals surface area contributed by atoms with Gasteiger partial charge in [-0.05, 0) is 38.3 Å². The zero-order valence-corrected chi connectivity index (χ0v) is 12.1. The summed E-state index contributed by atoms with van der Waals surface area (Å²) < 4.78 is 0. The van der Waals surface area contributed by atoms with Crippen LogP contribution in [-0.4, -0.2) is 25.0 Å². The summed E-state index contributed by atoms with van der Waals surface area (Å²) in [4.78, 5) is 12.5. The molecule has 1 fully saturated rings. The van der Waals surface area contributed by atoms with Gasteiger partial charge in [-0.2, -0.15) is 0 Å². The van der Waals surface area contributed by atoms with Gasteiger partial charge in [0, 0.05) is 12.6 Å². The second-order valence-corrected chi connectivity index (χ2v) is 6.16. The van der Waals surface area contributed by atoms with Crippen LogP contribution in [0.25, 0.3) is 0 Å². The van der Waals surface area contributed by atoms with Crippen molar-refractivity contribution in [3.63, 3.8) is 0 Å². The minimum Gasteiger partial charge on any atom is -0.351 e. The van der Waals surface area contributed by atoms with Gasteiger partial charge in [-0.15, -0.1) is 0 Å². The van der Waals surface area contributed by atoms with Crippen molar-refractivity contribution < 1.29 is 4.79 Å². The number of benzene rings is 1. The molecule has 0 bridgehead atoms. The average molecular weight is 260 g/mol. The summed E-state index contributed by atoms with van der Waals surface area (Å²) in [6, 6.07) is 10.2. The Balaban J connectivity index is 2.02. The Hall–Kier alpha value is -1.35. The van der Waals surface area contributed by atoms with E-state index in [4.69, 9.17) is 0 Å². The van der Waals surface area contributed by atoms with E-state index < -0.39 is 5.41 Å². The van der Waals surface area contributed by atoms with Crippen molar-refractivity contribution in [1.29, 1.82) is 0 Å². The Labute approximate surface area is 115 Å². The summed E-state index contributed by atoms with van der Waals surface area (Å²) in [6.45, 7) is 8.11. The van der Waals surface area contributed by atoms with Crippen molar-refractivity contribution >= 4 is 5.91 Å². The highest BCUT2D eigenvalue weighted by Crippen LogP contribution is 2.23. The zero-order valence-electron chi connectivity index (χ0n) is 12.1. The van der Waals surface area contributed by atoms with E-state index in [9.17, 15) is 4.79 Å². The first-order chi connectivity index (χ1) is 9.00. The standard InChI is InChI=1S/C16H24N2O/c1-12-9-14(11-17-10-12)18-15(19)16(2,3)13-7-5-4-6-8-13/h4-8,12,14,17H,9-11H2,1-3H3,(H,18,19). The van der Waals surface area contributed by atoms with E-state index in [2.05, 4.69) is 17.6 Å². The largest absolute Gasteiger partial charge is 0.351 e. The van der Waals surface area contributed by atoms with Gasteiger partial charge in [-0.1, -0.05) is 37.3 Å². The molecule has 0 radical (unpaired) electrons. The van der Waals surface area contributed by atoms with Crippen LogP contribution in [0, 0.1) is 5.92 Å². The van der Waals surface area contributed by atoms with E-state index in [0.717, 1.165) is 25.1 Å². The van der Waals surface area contributed by atoms with E-state index in [1.165, 1.54) is 0 Å². The number of nitrogens with one attached hydrogen (secondary N) is 2. The molecule has 0 aromatic heterocycles. The first-order valence-corrected chi connectivity index (χ1v) is 7.07. The molecule has 2 unspecified atom stereocenters. The van der Waals surface area contributed by atoms with Gasteiger partial charge in [0.15, 0.2) is 0 Å². The third kappa shape index (κ3) is 3.35. The summed E-state index contributed by atoms with van der Waals surface area (Å²) in [7, 11) is 0. The molecule has 1 aliphatic heterocycles. The van der Waals surface area contributed by atoms with Crippen molar-refractivity contribution in [1.82, 2.24) is 10.6 Å². The number of carbonyl (C=O) groups is 1. The molecule has 0 spiro atoms. The maximum atomic E-state index is 12.5. The quantitative estimate of drug-likeness (QED) is 0.873. The zero-order chi connectivity index (χ0) is 13.9. The summed E-state index contributed by atoms with van der Waals surface area (Å²) in [6.07, 6.45) is 1.06. The lowest BCUT2D eigenvalue weighted by Crippen LogP contribution is -2.52. The second-order valence-electron chi connectivity index (χ2n) is 6.16. The number of hydrogen-bond donors (Lipinski definition) is 2. The van der Waals surface area contributed by atoms with Gasteiger partial charge in [0.1, 0.15) is 0 Å². The van der Waals surface area contributed by atoms with Crippen LogP contribution in [0.5, 0.6) is 0 Å². The van der Waals surface area contributed by atoms with Crippen LogP contribution in [0.15, 0.2) is 30.3 Å². The van der Waals surface area contributed by atoms with Crippen LogP contribution < -0.4 is 10.6 Å². The number of hydrogen-bond acceptors (Lipinski definition) is 2. The highest BCUT2D eigenvalue weighted by atomic mass is 16.2. The van der Waals surface area contributed by atoms with Crippen LogP contribution in [0.1, 0.15) is 32.8 Å². The molecule has 1 aliphatic rings. The van der Waals surface area contributed by atoms with Gasteiger partial charge in [0.25, 0.3) is 0 Å². The second kappa shape index (κ2) is 5.74. The fraction of sp³-hybridized carbons (Fsp3) is 0.562. The Morgan fingerprint density at radius 3 is 2.58 bits per heavy atom. The monoisotopic (exact) mass is 260 g/mol. The summed E-state index contributed by atoms with van der Waals surface area (Å²) in [5.41, 5.74) is 0.575. The summed E-state index contributed by atoms with van der Waals surface area (Å²) in [5.74, 6) is 0.735. The normalized spacial score (nSPS) is 23.9. The molecule has 0 saturated carbocycles. The lowest BCUT2D eigenvalue weighted by molar-refractivity contribution is -0.126. The van der Waals surface area contributed by atoms with Gasteiger partial charge in [-0.25, -0.2) is 0 Å². The van der Waals surface area contributed by atoms with Crippen molar-refractivity contribution in [2.75, 3.05) is 13.1 Å². The molecule has 3 heteroatoms. The lowest BCUT2D eigenvalue weighted by atomic mass is 9.83. The molecule has 2 rings (SSSR count). The van der Waals surface area contributed by atoms with Crippen molar-refractivity contribution in [2.24, 2.45) is 5.92 Å². The van der Waals surface area contributed by atoms with E-state index in [1.807, 2.05) is 44.2 Å². The topological polar surface area (TPSA) is 41.1 Å². The fourth-order valence-corrected chi connectivity index (χ4v) is 2.62. The van der Waals surface area contributed by atoms with E-state index in [1.54, 1.807) is 0 Å². The molecule has 1 aromatic carbocycles. The molecular weight excluding hydrogens is 236 g/mol. The molecule has 2 atom stereocenters. The van der Waals surface area contributed by atoms with Gasteiger partial charge in [0.05, 0.1) is 5.41 Å². The van der Waals surface area contributed by atoms with E-state index in [-0.39, 0.29) is 11.9 Å². The minimum atomic E-state index is -0.484. The predicted molar refractivity (Wildman–Crippen MR) is 78.0 cm³/mol. The number of piperidine rings is 1. The predicted octanol–water partition coefficient (Wildman–Crippen LogP) is 2.08. The molecule has 0 aliphatic carbocycles. The SMILES string of the molecule is CC1CNCC(NC(=O)C(C)(C)c2ccccc2)C1. The Morgan fingerprint density at radius 1 is 1.26 bits per heavy atom. The third-order valence-corrected chi connectivity index (χ3v) is 3.97. The maximum absolute atomic E-state index is 12.5. The van der Waals surface area contributed by atoms with E-state index in [0.29, 0.717) is 5.92 Å². The van der Waals surface area contributed by atoms with Crippen LogP contribution in [-0.2, 0) is 10.2 Å². The van der Waals surface area contributed by atoms with Crippen LogP contribution in [0.2, 0.25) is 0 Å². The molecule has 1 saturated heterocycles. The molecule has 2 N–H and O–H groups in total. The van der Waals surface area contributed by atoms with Crippen LogP contribution in [0.4, 0.5) is 0 Å². The first kappa shape index (κ1) is 14.1. The molecule has 1 aromatic rings. The Kier molecular flexibility index (Phi) is 4.25. The lowest BCUT2D eigenvalue weighted by Gasteiger charge is -2.32. The highest BCUT2D eigenvalue weighted by molar-refractivity contribution is 5.87. The number of carbonyl (C=O) groups excluding carboxylic acids is 1.